The molecule has 12 heteroatoms. The van der Waals surface area contributed by atoms with Gasteiger partial charge in [-0.1, -0.05) is 12.1 Å². The third kappa shape index (κ3) is 4.59. The van der Waals surface area contributed by atoms with Gasteiger partial charge in [0.15, 0.2) is 0 Å². The van der Waals surface area contributed by atoms with Crippen LogP contribution in [0, 0.1) is 12.7 Å². The van der Waals surface area contributed by atoms with Crippen molar-refractivity contribution in [1.29, 1.82) is 0 Å². The van der Waals surface area contributed by atoms with Gasteiger partial charge >= 0.3 is 0 Å². The van der Waals surface area contributed by atoms with E-state index in [2.05, 4.69) is 30.0 Å². The van der Waals surface area contributed by atoms with Crippen molar-refractivity contribution in [3.05, 3.63) is 84.4 Å². The lowest BCUT2D eigenvalue weighted by Gasteiger charge is -2.11. The summed E-state index contributed by atoms with van der Waals surface area (Å²) < 4.78 is 42.4. The van der Waals surface area contributed by atoms with E-state index in [1.165, 1.54) is 12.1 Å². The maximum absolute atomic E-state index is 13.1. The molecule has 5 rings (SSSR count). The Bertz CT molecular complexity index is 1620. The first-order valence-electron chi connectivity index (χ1n) is 10.4. The maximum atomic E-state index is 13.1. The van der Waals surface area contributed by atoms with Gasteiger partial charge in [-0.3, -0.25) is 4.72 Å². The number of hydrogen-bond donors (Lipinski definition) is 3. The first-order valence-corrected chi connectivity index (χ1v) is 11.9. The Balaban J connectivity index is 1.44. The number of aryl methyl sites for hydroxylation is 1. The molecule has 0 atom stereocenters. The second-order valence-electron chi connectivity index (χ2n) is 7.56. The summed E-state index contributed by atoms with van der Waals surface area (Å²) in [5.74, 6) is 0.800. The molecule has 0 bridgehead atoms. The van der Waals surface area contributed by atoms with Gasteiger partial charge in [0, 0.05) is 11.4 Å². The van der Waals surface area contributed by atoms with Crippen LogP contribution in [0.1, 0.15) is 5.82 Å². The molecule has 0 aliphatic rings. The summed E-state index contributed by atoms with van der Waals surface area (Å²) in [5.41, 5.74) is 8.31. The lowest BCUT2D eigenvalue weighted by molar-refractivity contribution is 0.599. The number of nitrogens with one attached hydrogen (secondary N) is 2. The standard InChI is InChI=1S/C23H19FN8O2S/c1-14-26-21(25)30-22(27-14)32-20-5-3-2-4-19(20)29-23(32)28-16-8-10-17(11-9-16)31-35(33,34)18-12-6-15(24)7-13-18/h2-13,31H,1H3,(H,28,29)(H2,25,26,27,30). The molecule has 0 saturated heterocycles. The predicted molar refractivity (Wildman–Crippen MR) is 131 cm³/mol. The van der Waals surface area contributed by atoms with Crippen molar-refractivity contribution < 1.29 is 12.8 Å². The number of rotatable bonds is 6. The number of nitrogen functional groups attached to an aromatic ring is 1. The van der Waals surface area contributed by atoms with E-state index in [1.54, 1.807) is 35.8 Å². The fraction of sp³-hybridized carbons (Fsp3) is 0.0435. The van der Waals surface area contributed by atoms with Crippen LogP contribution in [0.2, 0.25) is 0 Å². The van der Waals surface area contributed by atoms with E-state index in [-0.39, 0.29) is 10.8 Å². The minimum atomic E-state index is -3.86. The normalized spacial score (nSPS) is 11.5. The smallest absolute Gasteiger partial charge is 0.261 e. The minimum Gasteiger partial charge on any atom is -0.368 e. The molecule has 35 heavy (non-hydrogen) atoms. The van der Waals surface area contributed by atoms with Crippen molar-refractivity contribution >= 4 is 44.3 Å². The Kier molecular flexibility index (Phi) is 5.49. The van der Waals surface area contributed by atoms with E-state index in [9.17, 15) is 12.8 Å². The number of fused-ring (bicyclic) bond motifs is 1. The molecule has 2 aromatic heterocycles. The van der Waals surface area contributed by atoms with Gasteiger partial charge in [0.25, 0.3) is 10.0 Å². The molecule has 176 valence electrons. The van der Waals surface area contributed by atoms with Crippen LogP contribution >= 0.6 is 0 Å². The molecule has 0 aliphatic heterocycles. The summed E-state index contributed by atoms with van der Waals surface area (Å²) in [4.78, 5) is 17.3. The number of anilines is 4. The van der Waals surface area contributed by atoms with E-state index in [0.29, 0.717) is 29.1 Å². The van der Waals surface area contributed by atoms with Gasteiger partial charge in [0.2, 0.25) is 17.8 Å². The third-order valence-electron chi connectivity index (χ3n) is 5.03. The van der Waals surface area contributed by atoms with Crippen LogP contribution in [0.4, 0.5) is 27.7 Å². The Morgan fingerprint density at radius 3 is 2.26 bits per heavy atom. The Morgan fingerprint density at radius 2 is 1.54 bits per heavy atom. The second-order valence-corrected chi connectivity index (χ2v) is 9.24. The van der Waals surface area contributed by atoms with E-state index >= 15 is 0 Å². The van der Waals surface area contributed by atoms with Crippen LogP contribution in [0.15, 0.2) is 77.7 Å². The van der Waals surface area contributed by atoms with Crippen LogP contribution in [-0.2, 0) is 10.0 Å². The molecule has 3 aromatic carbocycles. The number of nitrogens with two attached hydrogens (primary N) is 1. The zero-order valence-electron chi connectivity index (χ0n) is 18.3. The van der Waals surface area contributed by atoms with Gasteiger partial charge in [-0.2, -0.15) is 15.0 Å². The molecule has 2 heterocycles. The van der Waals surface area contributed by atoms with Gasteiger partial charge in [0.05, 0.1) is 15.9 Å². The summed E-state index contributed by atoms with van der Waals surface area (Å²) in [7, 11) is -3.86. The van der Waals surface area contributed by atoms with Crippen LogP contribution in [0.25, 0.3) is 17.0 Å². The number of hydrogen-bond acceptors (Lipinski definition) is 8. The van der Waals surface area contributed by atoms with Crippen molar-refractivity contribution in [2.75, 3.05) is 15.8 Å². The highest BCUT2D eigenvalue weighted by Crippen LogP contribution is 2.27. The number of para-hydroxylation sites is 2. The van der Waals surface area contributed by atoms with Crippen molar-refractivity contribution in [1.82, 2.24) is 24.5 Å². The molecule has 0 fully saturated rings. The first-order chi connectivity index (χ1) is 16.8. The van der Waals surface area contributed by atoms with Crippen LogP contribution < -0.4 is 15.8 Å². The van der Waals surface area contributed by atoms with E-state index in [4.69, 9.17) is 5.73 Å². The van der Waals surface area contributed by atoms with Crippen LogP contribution in [-0.4, -0.2) is 32.9 Å². The summed E-state index contributed by atoms with van der Waals surface area (Å²) in [6.45, 7) is 1.72. The second kappa shape index (κ2) is 8.65. The molecule has 0 amide bonds. The first kappa shape index (κ1) is 22.2. The summed E-state index contributed by atoms with van der Waals surface area (Å²) in [5, 5.41) is 3.22. The number of sulfonamides is 1. The van der Waals surface area contributed by atoms with Crippen molar-refractivity contribution in [2.24, 2.45) is 0 Å². The minimum absolute atomic E-state index is 0.0401. The zero-order valence-corrected chi connectivity index (χ0v) is 19.2. The maximum Gasteiger partial charge on any atom is 0.261 e. The highest BCUT2D eigenvalue weighted by Gasteiger charge is 2.17. The zero-order chi connectivity index (χ0) is 24.6. The Hall–Kier alpha value is -4.58. The number of aromatic nitrogens is 5. The quantitative estimate of drug-likeness (QED) is 0.327. The molecule has 10 nitrogen and oxygen atoms in total. The number of imidazole rings is 1. The topological polar surface area (TPSA) is 141 Å². The fourth-order valence-electron chi connectivity index (χ4n) is 3.48. The van der Waals surface area contributed by atoms with Gasteiger partial charge in [0.1, 0.15) is 11.6 Å². The van der Waals surface area contributed by atoms with E-state index < -0.39 is 15.8 Å². The number of nitrogens with zero attached hydrogens (tertiary/aromatic N) is 5. The Morgan fingerprint density at radius 1 is 0.857 bits per heavy atom. The highest BCUT2D eigenvalue weighted by molar-refractivity contribution is 7.92. The average Bonchev–Trinajstić information content (AvgIpc) is 3.17. The van der Waals surface area contributed by atoms with E-state index in [1.807, 2.05) is 24.3 Å². The predicted octanol–water partition coefficient (Wildman–Crippen LogP) is 3.78. The average molecular weight is 491 g/mol. The lowest BCUT2D eigenvalue weighted by atomic mass is 10.3. The van der Waals surface area contributed by atoms with Crippen molar-refractivity contribution in [3.63, 3.8) is 0 Å². The number of halogens is 1. The SMILES string of the molecule is Cc1nc(N)nc(-n2c(Nc3ccc(NS(=O)(=O)c4ccc(F)cc4)cc3)nc3ccccc32)n1. The third-order valence-corrected chi connectivity index (χ3v) is 6.43. The summed E-state index contributed by atoms with van der Waals surface area (Å²) in [6, 6.07) is 18.7. The molecular formula is C23H19FN8O2S. The highest BCUT2D eigenvalue weighted by atomic mass is 32.2. The van der Waals surface area contributed by atoms with Crippen molar-refractivity contribution in [3.8, 4) is 5.95 Å². The molecule has 0 unspecified atom stereocenters. The molecule has 5 aromatic rings. The largest absolute Gasteiger partial charge is 0.368 e. The molecule has 0 spiro atoms. The summed E-state index contributed by atoms with van der Waals surface area (Å²) in [6.07, 6.45) is 0. The van der Waals surface area contributed by atoms with Gasteiger partial charge in [-0.25, -0.2) is 22.4 Å². The molecule has 0 radical (unpaired) electrons. The number of benzene rings is 3. The fourth-order valence-corrected chi connectivity index (χ4v) is 4.54. The van der Waals surface area contributed by atoms with Crippen LogP contribution in [0.5, 0.6) is 0 Å². The monoisotopic (exact) mass is 490 g/mol. The molecule has 4 N–H and O–H groups in total. The van der Waals surface area contributed by atoms with Gasteiger partial charge < -0.3 is 11.1 Å². The summed E-state index contributed by atoms with van der Waals surface area (Å²) >= 11 is 0. The van der Waals surface area contributed by atoms with Crippen molar-refractivity contribution in [2.45, 2.75) is 11.8 Å². The lowest BCUT2D eigenvalue weighted by Crippen LogP contribution is -2.13. The van der Waals surface area contributed by atoms with Crippen LogP contribution in [0.3, 0.4) is 0 Å². The molecule has 0 aliphatic carbocycles. The molecular weight excluding hydrogens is 471 g/mol. The Labute approximate surface area is 199 Å². The van der Waals surface area contributed by atoms with Gasteiger partial charge in [-0.05, 0) is 67.6 Å². The van der Waals surface area contributed by atoms with E-state index in [0.717, 1.165) is 23.2 Å². The molecule has 0 saturated carbocycles. The van der Waals surface area contributed by atoms with Gasteiger partial charge in [-0.15, -0.1) is 0 Å².